The van der Waals surface area contributed by atoms with E-state index >= 15 is 0 Å². The van der Waals surface area contributed by atoms with Crippen LogP contribution in [0.4, 0.5) is 14.5 Å². The van der Waals surface area contributed by atoms with Crippen LogP contribution < -0.4 is 10.6 Å². The smallest absolute Gasteiger partial charge is 0.238 e. The molecule has 0 aliphatic carbocycles. The molecule has 0 saturated carbocycles. The van der Waals surface area contributed by atoms with Gasteiger partial charge in [0.2, 0.25) is 5.91 Å². The van der Waals surface area contributed by atoms with E-state index in [9.17, 15) is 13.6 Å². The number of carbonyl (C=O) groups excluding carboxylic acids is 1. The molecule has 2 rings (SSSR count). The van der Waals surface area contributed by atoms with Gasteiger partial charge >= 0.3 is 0 Å². The fourth-order valence-electron chi connectivity index (χ4n) is 2.19. The van der Waals surface area contributed by atoms with Crippen LogP contribution in [0.25, 0.3) is 0 Å². The molecular formula is C13H18ClF2N3O. The Bertz CT molecular complexity index is 453. The summed E-state index contributed by atoms with van der Waals surface area (Å²) in [6, 6.07) is 3.31. The van der Waals surface area contributed by atoms with Gasteiger partial charge in [-0.05, 0) is 19.1 Å². The predicted molar refractivity (Wildman–Crippen MR) is 76.1 cm³/mol. The number of hydrogen-bond acceptors (Lipinski definition) is 3. The average Bonchev–Trinajstić information content (AvgIpc) is 2.26. The van der Waals surface area contributed by atoms with Crippen LogP contribution in [0.2, 0.25) is 0 Å². The zero-order valence-corrected chi connectivity index (χ0v) is 12.0. The average molecular weight is 306 g/mol. The lowest BCUT2D eigenvalue weighted by Gasteiger charge is -2.31. The van der Waals surface area contributed by atoms with Gasteiger partial charge in [-0.3, -0.25) is 9.69 Å². The van der Waals surface area contributed by atoms with Gasteiger partial charge in [0.1, 0.15) is 11.6 Å². The number of hydrogen-bond donors (Lipinski definition) is 2. The van der Waals surface area contributed by atoms with Crippen molar-refractivity contribution in [2.24, 2.45) is 0 Å². The Morgan fingerprint density at radius 3 is 2.65 bits per heavy atom. The second-order valence-corrected chi connectivity index (χ2v) is 4.80. The van der Waals surface area contributed by atoms with Crippen molar-refractivity contribution >= 4 is 24.0 Å². The molecule has 1 atom stereocenters. The van der Waals surface area contributed by atoms with Crippen LogP contribution >= 0.6 is 12.4 Å². The fraction of sp³-hybridized carbons (Fsp3) is 0.462. The molecule has 20 heavy (non-hydrogen) atoms. The minimum atomic E-state index is -0.703. The van der Waals surface area contributed by atoms with E-state index in [0.29, 0.717) is 6.04 Å². The molecule has 7 heteroatoms. The summed E-state index contributed by atoms with van der Waals surface area (Å²) in [6.07, 6.45) is 0. The van der Waals surface area contributed by atoms with E-state index in [2.05, 4.69) is 10.6 Å². The quantitative estimate of drug-likeness (QED) is 0.892. The first-order chi connectivity index (χ1) is 9.02. The second kappa shape index (κ2) is 7.52. The van der Waals surface area contributed by atoms with Crippen LogP contribution in [0, 0.1) is 11.6 Å². The van der Waals surface area contributed by atoms with Crippen molar-refractivity contribution in [2.75, 3.05) is 31.5 Å². The van der Waals surface area contributed by atoms with Crippen molar-refractivity contribution < 1.29 is 13.6 Å². The number of nitrogens with zero attached hydrogens (tertiary/aromatic N) is 1. The summed E-state index contributed by atoms with van der Waals surface area (Å²) in [6.45, 7) is 4.68. The number of benzene rings is 1. The number of halogens is 3. The number of carbonyl (C=O) groups is 1. The van der Waals surface area contributed by atoms with Gasteiger partial charge in [0.15, 0.2) is 0 Å². The molecule has 1 unspecified atom stereocenters. The van der Waals surface area contributed by atoms with Crippen molar-refractivity contribution in [3.05, 3.63) is 29.8 Å². The number of piperazine rings is 1. The summed E-state index contributed by atoms with van der Waals surface area (Å²) in [4.78, 5) is 13.8. The van der Waals surface area contributed by atoms with E-state index in [1.807, 2.05) is 11.8 Å². The maximum atomic E-state index is 13.0. The standard InChI is InChI=1S/C13H17F2N3O.ClH/c1-9-7-18(3-2-16-9)8-13(19)17-12-5-10(14)4-11(15)6-12;/h4-6,9,16H,2-3,7-8H2,1H3,(H,17,19);1H. The zero-order valence-electron chi connectivity index (χ0n) is 11.2. The van der Waals surface area contributed by atoms with Crippen LogP contribution in [0.3, 0.4) is 0 Å². The Hall–Kier alpha value is -1.24. The molecule has 1 fully saturated rings. The van der Waals surface area contributed by atoms with Gasteiger partial charge in [0.25, 0.3) is 0 Å². The molecule has 1 saturated heterocycles. The monoisotopic (exact) mass is 305 g/mol. The maximum Gasteiger partial charge on any atom is 0.238 e. The third-order valence-electron chi connectivity index (χ3n) is 2.97. The van der Waals surface area contributed by atoms with E-state index in [4.69, 9.17) is 0 Å². The highest BCUT2D eigenvalue weighted by molar-refractivity contribution is 5.92. The Morgan fingerprint density at radius 2 is 2.05 bits per heavy atom. The van der Waals surface area contributed by atoms with Gasteiger partial charge in [0.05, 0.1) is 6.54 Å². The lowest BCUT2D eigenvalue weighted by molar-refractivity contribution is -0.117. The van der Waals surface area contributed by atoms with Gasteiger partial charge in [-0.25, -0.2) is 8.78 Å². The lowest BCUT2D eigenvalue weighted by atomic mass is 10.2. The topological polar surface area (TPSA) is 44.4 Å². The van der Waals surface area contributed by atoms with Gasteiger partial charge in [-0.2, -0.15) is 0 Å². The van der Waals surface area contributed by atoms with Gasteiger partial charge < -0.3 is 10.6 Å². The Morgan fingerprint density at radius 1 is 1.40 bits per heavy atom. The van der Waals surface area contributed by atoms with Crippen molar-refractivity contribution in [1.82, 2.24) is 10.2 Å². The summed E-state index contributed by atoms with van der Waals surface area (Å²) in [5, 5.41) is 5.78. The number of anilines is 1. The third-order valence-corrected chi connectivity index (χ3v) is 2.97. The Kier molecular flexibility index (Phi) is 6.32. The highest BCUT2D eigenvalue weighted by atomic mass is 35.5. The molecule has 1 aliphatic heterocycles. The SMILES string of the molecule is CC1CN(CC(=O)Nc2cc(F)cc(F)c2)CCN1.Cl. The van der Waals surface area contributed by atoms with Crippen molar-refractivity contribution in [3.63, 3.8) is 0 Å². The largest absolute Gasteiger partial charge is 0.325 e. The van der Waals surface area contributed by atoms with Gasteiger partial charge in [0, 0.05) is 37.4 Å². The third kappa shape index (κ3) is 5.03. The molecule has 4 nitrogen and oxygen atoms in total. The van der Waals surface area contributed by atoms with E-state index in [1.165, 1.54) is 0 Å². The minimum Gasteiger partial charge on any atom is -0.325 e. The molecule has 1 amide bonds. The van der Waals surface area contributed by atoms with E-state index in [1.54, 1.807) is 0 Å². The van der Waals surface area contributed by atoms with Crippen molar-refractivity contribution in [3.8, 4) is 0 Å². The second-order valence-electron chi connectivity index (χ2n) is 4.80. The molecule has 1 aromatic carbocycles. The first-order valence-electron chi connectivity index (χ1n) is 6.24. The number of nitrogens with one attached hydrogen (secondary N) is 2. The molecule has 0 bridgehead atoms. The number of amides is 1. The molecule has 0 spiro atoms. The molecular weight excluding hydrogens is 288 g/mol. The molecule has 2 N–H and O–H groups in total. The molecule has 0 aromatic heterocycles. The molecule has 112 valence electrons. The Labute approximate surface area is 122 Å². The summed E-state index contributed by atoms with van der Waals surface area (Å²) in [5.41, 5.74) is 0.144. The van der Waals surface area contributed by atoms with Crippen LogP contribution in [-0.4, -0.2) is 43.0 Å². The molecule has 1 heterocycles. The summed E-state index contributed by atoms with van der Waals surface area (Å²) in [7, 11) is 0. The van der Waals surface area contributed by atoms with Crippen LogP contribution in [0.1, 0.15) is 6.92 Å². The van der Waals surface area contributed by atoms with Crippen LogP contribution in [0.5, 0.6) is 0 Å². The highest BCUT2D eigenvalue weighted by Gasteiger charge is 2.18. The lowest BCUT2D eigenvalue weighted by Crippen LogP contribution is -2.51. The van der Waals surface area contributed by atoms with Gasteiger partial charge in [-0.1, -0.05) is 0 Å². The molecule has 1 aliphatic rings. The van der Waals surface area contributed by atoms with Crippen molar-refractivity contribution in [1.29, 1.82) is 0 Å². The minimum absolute atomic E-state index is 0. The predicted octanol–water partition coefficient (Wildman–Crippen LogP) is 1.62. The first kappa shape index (κ1) is 16.8. The summed E-state index contributed by atoms with van der Waals surface area (Å²) < 4.78 is 26.0. The van der Waals surface area contributed by atoms with E-state index in [-0.39, 0.29) is 30.5 Å². The first-order valence-corrected chi connectivity index (χ1v) is 6.24. The Balaban J connectivity index is 0.00000200. The van der Waals surface area contributed by atoms with Crippen LogP contribution in [-0.2, 0) is 4.79 Å². The van der Waals surface area contributed by atoms with E-state index in [0.717, 1.165) is 37.8 Å². The fourth-order valence-corrected chi connectivity index (χ4v) is 2.19. The zero-order chi connectivity index (χ0) is 13.8. The van der Waals surface area contributed by atoms with Crippen LogP contribution in [0.15, 0.2) is 18.2 Å². The van der Waals surface area contributed by atoms with E-state index < -0.39 is 11.6 Å². The summed E-state index contributed by atoms with van der Waals surface area (Å²) in [5.74, 6) is -1.67. The molecule has 0 radical (unpaired) electrons. The summed E-state index contributed by atoms with van der Waals surface area (Å²) >= 11 is 0. The van der Waals surface area contributed by atoms with Crippen molar-refractivity contribution in [2.45, 2.75) is 13.0 Å². The maximum absolute atomic E-state index is 13.0. The molecule has 1 aromatic rings. The highest BCUT2D eigenvalue weighted by Crippen LogP contribution is 2.12. The number of rotatable bonds is 3. The normalized spacial score (nSPS) is 19.2. The van der Waals surface area contributed by atoms with Gasteiger partial charge in [-0.15, -0.1) is 12.4 Å².